The van der Waals surface area contributed by atoms with Gasteiger partial charge in [-0.05, 0) is 0 Å². The second-order valence-corrected chi connectivity index (χ2v) is 3.74. The summed E-state index contributed by atoms with van der Waals surface area (Å²) in [6.07, 6.45) is 0. The Morgan fingerprint density at radius 1 is 1.30 bits per heavy atom. The molecule has 0 heterocycles. The molecule has 0 bridgehead atoms. The third kappa shape index (κ3) is 2.69. The van der Waals surface area contributed by atoms with Crippen molar-refractivity contribution in [1.82, 2.24) is 0 Å². The van der Waals surface area contributed by atoms with Gasteiger partial charge in [0.1, 0.15) is 0 Å². The summed E-state index contributed by atoms with van der Waals surface area (Å²) in [6.45, 7) is 0. The first-order valence-corrected chi connectivity index (χ1v) is 5.76. The fraction of sp³-hybridized carbons (Fsp3) is 0.143. The van der Waals surface area contributed by atoms with E-state index < -0.39 is 0 Å². The molecule has 0 amide bonds. The van der Waals surface area contributed by atoms with Crippen molar-refractivity contribution in [2.24, 2.45) is 0 Å². The molecule has 0 aliphatic heterocycles. The topological polar surface area (TPSA) is 0 Å². The van der Waals surface area contributed by atoms with Gasteiger partial charge in [-0.3, -0.25) is 0 Å². The molecular weight excluding hydrogens is 265 g/mol. The van der Waals surface area contributed by atoms with Gasteiger partial charge in [-0.25, -0.2) is 0 Å². The van der Waals surface area contributed by atoms with Crippen LogP contribution < -0.4 is 12.4 Å². The molecule has 10 heavy (non-hydrogen) atoms. The van der Waals surface area contributed by atoms with Crippen LogP contribution in [0.3, 0.4) is 0 Å². The van der Waals surface area contributed by atoms with E-state index in [1.165, 1.54) is 33.4 Å². The van der Waals surface area contributed by atoms with E-state index in [2.05, 4.69) is 34.1 Å². The van der Waals surface area contributed by atoms with Gasteiger partial charge in [-0.1, -0.05) is 0 Å². The van der Waals surface area contributed by atoms with Gasteiger partial charge in [0.05, 0.1) is 0 Å². The molecule has 0 radical (unpaired) electrons. The van der Waals surface area contributed by atoms with Gasteiger partial charge < -0.3 is 12.4 Å². The molecular formula is C7H6BrClZn. The molecule has 0 fully saturated rings. The molecule has 0 aromatic heterocycles. The van der Waals surface area contributed by atoms with Crippen LogP contribution in [0, 0.1) is 0 Å². The zero-order valence-corrected chi connectivity index (χ0v) is 10.8. The van der Waals surface area contributed by atoms with Crippen LogP contribution in [0.4, 0.5) is 0 Å². The summed E-state index contributed by atoms with van der Waals surface area (Å²) in [5.41, 5.74) is 1.43. The maximum absolute atomic E-state index is 3.48. The molecule has 1 aromatic carbocycles. The number of hydrogen-bond donors (Lipinski definition) is 0. The van der Waals surface area contributed by atoms with Gasteiger partial charge in [0.15, 0.2) is 0 Å². The second-order valence-electron chi connectivity index (χ2n) is 1.84. The summed E-state index contributed by atoms with van der Waals surface area (Å²) >= 11 is 4.81. The monoisotopic (exact) mass is 268 g/mol. The minimum absolute atomic E-state index is 0. The summed E-state index contributed by atoms with van der Waals surface area (Å²) in [6, 6.07) is 8.37. The van der Waals surface area contributed by atoms with Gasteiger partial charge in [-0.15, -0.1) is 0 Å². The van der Waals surface area contributed by atoms with Gasteiger partial charge in [0.2, 0.25) is 0 Å². The third-order valence-corrected chi connectivity index (χ3v) is 3.13. The van der Waals surface area contributed by atoms with Crippen LogP contribution in [0.1, 0.15) is 5.56 Å². The Morgan fingerprint density at radius 3 is 2.30 bits per heavy atom. The van der Waals surface area contributed by atoms with E-state index in [9.17, 15) is 0 Å². The molecule has 0 saturated heterocycles. The summed E-state index contributed by atoms with van der Waals surface area (Å²) in [5.74, 6) is 0. The normalized spacial score (nSPS) is 8.70. The molecule has 0 atom stereocenters. The number of halogens is 2. The molecule has 0 spiro atoms. The molecule has 0 unspecified atom stereocenters. The van der Waals surface area contributed by atoms with E-state index in [0.717, 1.165) is 0 Å². The van der Waals surface area contributed by atoms with Crippen molar-refractivity contribution in [3.63, 3.8) is 0 Å². The molecule has 0 aliphatic rings. The molecule has 1 aromatic rings. The van der Waals surface area contributed by atoms with Gasteiger partial charge in [0, 0.05) is 0 Å². The van der Waals surface area contributed by atoms with E-state index in [-0.39, 0.29) is 12.4 Å². The van der Waals surface area contributed by atoms with Crippen LogP contribution in [0.15, 0.2) is 28.7 Å². The Labute approximate surface area is 85.6 Å². The Balaban J connectivity index is 0.000000810. The average Bonchev–Trinajstić information content (AvgIpc) is 1.89. The predicted octanol–water partition coefficient (Wildman–Crippen LogP) is -0.500. The van der Waals surface area contributed by atoms with Crippen LogP contribution in [0.25, 0.3) is 0 Å². The van der Waals surface area contributed by atoms with E-state index in [1.807, 2.05) is 6.07 Å². The number of hydrogen-bond acceptors (Lipinski definition) is 0. The van der Waals surface area contributed by atoms with Crippen LogP contribution in [-0.2, 0) is 23.3 Å². The van der Waals surface area contributed by atoms with Crippen LogP contribution >= 0.6 is 15.9 Å². The summed E-state index contributed by atoms with van der Waals surface area (Å²) in [5, 5.41) is 1.22. The average molecular weight is 271 g/mol. The molecule has 0 N–H and O–H groups in total. The molecule has 0 nitrogen and oxygen atoms in total. The van der Waals surface area contributed by atoms with E-state index in [4.69, 9.17) is 0 Å². The Hall–Kier alpha value is 0.613. The first-order valence-electron chi connectivity index (χ1n) is 2.87. The first kappa shape index (κ1) is 10.6. The van der Waals surface area contributed by atoms with Crippen molar-refractivity contribution in [3.05, 3.63) is 34.3 Å². The Kier molecular flexibility index (Phi) is 5.61. The van der Waals surface area contributed by atoms with E-state index >= 15 is 0 Å². The van der Waals surface area contributed by atoms with Gasteiger partial charge in [-0.2, -0.15) is 0 Å². The number of rotatable bonds is 1. The van der Waals surface area contributed by atoms with Crippen molar-refractivity contribution in [1.29, 1.82) is 0 Å². The van der Waals surface area contributed by atoms with Gasteiger partial charge in [0.25, 0.3) is 0 Å². The quantitative estimate of drug-likeness (QED) is 0.604. The van der Waals surface area contributed by atoms with Crippen molar-refractivity contribution in [2.45, 2.75) is 5.02 Å². The molecule has 1 rings (SSSR count). The van der Waals surface area contributed by atoms with Crippen LogP contribution in [0.5, 0.6) is 0 Å². The Morgan fingerprint density at radius 2 is 1.90 bits per heavy atom. The van der Waals surface area contributed by atoms with Crippen molar-refractivity contribution < 1.29 is 30.7 Å². The summed E-state index contributed by atoms with van der Waals surface area (Å²) in [4.78, 5) is 0. The Bertz CT molecular complexity index is 203. The molecule has 0 aliphatic carbocycles. The van der Waals surface area contributed by atoms with Crippen LogP contribution in [-0.4, -0.2) is 0 Å². The zero-order chi connectivity index (χ0) is 6.69. The van der Waals surface area contributed by atoms with Crippen molar-refractivity contribution in [2.75, 3.05) is 0 Å². The summed E-state index contributed by atoms with van der Waals surface area (Å²) < 4.78 is 1.25. The third-order valence-electron chi connectivity index (χ3n) is 1.23. The van der Waals surface area contributed by atoms with Gasteiger partial charge >= 0.3 is 73.5 Å². The standard InChI is InChI=1S/C7H6Br.ClH.Zn/c1-6-4-2-3-5-7(6)8;;/h2-5H,1H2;1H;/q;;+1/p-1. The molecule has 3 heteroatoms. The van der Waals surface area contributed by atoms with Crippen molar-refractivity contribution in [3.8, 4) is 0 Å². The predicted molar refractivity (Wildman–Crippen MR) is 37.8 cm³/mol. The maximum atomic E-state index is 3.48. The van der Waals surface area contributed by atoms with E-state index in [0.29, 0.717) is 0 Å². The fourth-order valence-electron chi connectivity index (χ4n) is 0.701. The molecule has 50 valence electrons. The second kappa shape index (κ2) is 5.29. The zero-order valence-electron chi connectivity index (χ0n) is 5.48. The first-order chi connectivity index (χ1) is 4.34. The molecule has 0 saturated carbocycles. The number of benzene rings is 1. The van der Waals surface area contributed by atoms with Crippen LogP contribution in [0.2, 0.25) is 0 Å². The van der Waals surface area contributed by atoms with Crippen molar-refractivity contribution >= 4 is 15.9 Å². The fourth-order valence-corrected chi connectivity index (χ4v) is 2.87. The summed E-state index contributed by atoms with van der Waals surface area (Å²) in [7, 11) is 0. The minimum atomic E-state index is 0. The SMILES string of the molecule is [Cl-].[Zn+][CH2]c1ccccc1Br. The van der Waals surface area contributed by atoms with E-state index in [1.54, 1.807) is 0 Å².